The molecule has 0 fully saturated rings. The van der Waals surface area contributed by atoms with Crippen LogP contribution in [0.15, 0.2) is 65.3 Å². The molecule has 0 aromatic heterocycles. The molecule has 5 heteroatoms. The van der Waals surface area contributed by atoms with E-state index in [1.54, 1.807) is 24.3 Å². The second-order valence-corrected chi connectivity index (χ2v) is 5.52. The minimum Gasteiger partial charge on any atom is -0.429 e. The van der Waals surface area contributed by atoms with Crippen molar-refractivity contribution in [2.45, 2.75) is 18.8 Å². The summed E-state index contributed by atoms with van der Waals surface area (Å²) in [6, 6.07) is 14.7. The topological polar surface area (TPSA) is 65.0 Å². The number of benzene rings is 2. The van der Waals surface area contributed by atoms with Crippen LogP contribution in [-0.2, 0) is 9.59 Å². The van der Waals surface area contributed by atoms with E-state index in [-0.39, 0.29) is 5.92 Å². The molecule has 0 N–H and O–H groups in total. The summed E-state index contributed by atoms with van der Waals surface area (Å²) < 4.78 is 9.72. The number of aliphatic imine (C=N–C) groups is 1. The van der Waals surface area contributed by atoms with E-state index in [1.807, 2.05) is 30.5 Å². The van der Waals surface area contributed by atoms with Gasteiger partial charge in [0.05, 0.1) is 5.92 Å². The average molecular weight is 335 g/mol. The lowest BCUT2D eigenvalue weighted by atomic mass is 9.87. The molecule has 2 aromatic rings. The van der Waals surface area contributed by atoms with Crippen LogP contribution in [0.2, 0.25) is 0 Å². The van der Waals surface area contributed by atoms with E-state index in [1.165, 1.54) is 0 Å². The first-order valence-electron chi connectivity index (χ1n) is 7.95. The lowest BCUT2D eigenvalue weighted by Gasteiger charge is -2.21. The molecule has 0 unspecified atom stereocenters. The van der Waals surface area contributed by atoms with Gasteiger partial charge in [-0.2, -0.15) is 0 Å². The first-order valence-corrected chi connectivity index (χ1v) is 7.95. The zero-order chi connectivity index (χ0) is 17.5. The molecule has 0 atom stereocenters. The van der Waals surface area contributed by atoms with E-state index < -0.39 is 0 Å². The van der Waals surface area contributed by atoms with Crippen molar-refractivity contribution >= 4 is 19.2 Å². The molecular weight excluding hydrogens is 318 g/mol. The van der Waals surface area contributed by atoms with Crippen LogP contribution in [0.5, 0.6) is 11.5 Å². The van der Waals surface area contributed by atoms with Crippen LogP contribution in [-0.4, -0.2) is 19.2 Å². The van der Waals surface area contributed by atoms with E-state index in [9.17, 15) is 9.59 Å². The molecule has 0 bridgehead atoms. The van der Waals surface area contributed by atoms with Crippen LogP contribution in [0.4, 0.5) is 0 Å². The predicted molar refractivity (Wildman–Crippen MR) is 93.9 cm³/mol. The number of allylic oxidation sites excluding steroid dienone is 2. The van der Waals surface area contributed by atoms with Crippen LogP contribution in [0.1, 0.15) is 29.9 Å². The SMILES string of the molecule is O=COc1ccc(C(C2=CCCC=N2)c2ccc(OC=O)cc2)cc1. The Kier molecular flexibility index (Phi) is 5.36. The summed E-state index contributed by atoms with van der Waals surface area (Å²) in [6.45, 7) is 0.818. The van der Waals surface area contributed by atoms with Crippen LogP contribution in [0.25, 0.3) is 0 Å². The molecular formula is C20H17NO4. The van der Waals surface area contributed by atoms with Gasteiger partial charge in [-0.25, -0.2) is 0 Å². The van der Waals surface area contributed by atoms with Crippen molar-refractivity contribution < 1.29 is 19.1 Å². The molecule has 0 amide bonds. The van der Waals surface area contributed by atoms with Gasteiger partial charge in [0.15, 0.2) is 0 Å². The largest absolute Gasteiger partial charge is 0.429 e. The minimum absolute atomic E-state index is 0.0490. The van der Waals surface area contributed by atoms with E-state index in [2.05, 4.69) is 11.1 Å². The van der Waals surface area contributed by atoms with Crippen molar-refractivity contribution in [1.82, 2.24) is 0 Å². The van der Waals surface area contributed by atoms with Crippen LogP contribution < -0.4 is 9.47 Å². The summed E-state index contributed by atoms with van der Waals surface area (Å²) in [6.07, 6.45) is 5.95. The third-order valence-electron chi connectivity index (χ3n) is 3.98. The molecule has 126 valence electrons. The number of nitrogens with zero attached hydrogens (tertiary/aromatic N) is 1. The molecule has 1 heterocycles. The van der Waals surface area contributed by atoms with Gasteiger partial charge in [0, 0.05) is 11.9 Å². The Labute approximate surface area is 145 Å². The van der Waals surface area contributed by atoms with Crippen molar-refractivity contribution in [3.8, 4) is 11.5 Å². The number of carbonyl (C=O) groups excluding carboxylic acids is 2. The van der Waals surface area contributed by atoms with Crippen LogP contribution in [0, 0.1) is 0 Å². The highest BCUT2D eigenvalue weighted by Crippen LogP contribution is 2.35. The molecule has 0 saturated carbocycles. The van der Waals surface area contributed by atoms with Crippen molar-refractivity contribution in [1.29, 1.82) is 0 Å². The fourth-order valence-corrected chi connectivity index (χ4v) is 2.84. The monoisotopic (exact) mass is 335 g/mol. The van der Waals surface area contributed by atoms with Crippen LogP contribution in [0.3, 0.4) is 0 Å². The molecule has 1 aliphatic heterocycles. The number of carbonyl (C=O) groups is 2. The van der Waals surface area contributed by atoms with Crippen molar-refractivity contribution in [3.63, 3.8) is 0 Å². The average Bonchev–Trinajstić information content (AvgIpc) is 2.66. The number of rotatable bonds is 7. The van der Waals surface area contributed by atoms with E-state index in [4.69, 9.17) is 9.47 Å². The smallest absolute Gasteiger partial charge is 0.298 e. The first kappa shape index (κ1) is 16.6. The first-order chi connectivity index (χ1) is 12.3. The standard InChI is InChI=1S/C20H17NO4/c22-13-24-17-8-4-15(5-9-17)20(19-3-1-2-12-21-19)16-6-10-18(11-7-16)25-14-23/h3-14,20H,1-2H2. The van der Waals surface area contributed by atoms with E-state index in [0.29, 0.717) is 24.4 Å². The quantitative estimate of drug-likeness (QED) is 0.725. The third kappa shape index (κ3) is 4.01. The summed E-state index contributed by atoms with van der Waals surface area (Å²) in [5.74, 6) is 0.939. The van der Waals surface area contributed by atoms with E-state index in [0.717, 1.165) is 29.7 Å². The van der Waals surface area contributed by atoms with Gasteiger partial charge in [-0.3, -0.25) is 14.6 Å². The molecule has 0 saturated heterocycles. The second-order valence-electron chi connectivity index (χ2n) is 5.52. The summed E-state index contributed by atoms with van der Waals surface area (Å²) >= 11 is 0. The normalized spacial score (nSPS) is 13.2. The highest BCUT2D eigenvalue weighted by Gasteiger charge is 2.20. The Bertz CT molecular complexity index is 738. The van der Waals surface area contributed by atoms with Crippen LogP contribution >= 0.6 is 0 Å². The van der Waals surface area contributed by atoms with Crippen molar-refractivity contribution in [2.75, 3.05) is 0 Å². The molecule has 0 aliphatic carbocycles. The summed E-state index contributed by atoms with van der Waals surface area (Å²) in [5.41, 5.74) is 3.04. The molecule has 0 spiro atoms. The zero-order valence-corrected chi connectivity index (χ0v) is 13.5. The fraction of sp³-hybridized carbons (Fsp3) is 0.150. The predicted octanol–water partition coefficient (Wildman–Crippen LogP) is 3.64. The molecule has 3 rings (SSSR count). The lowest BCUT2D eigenvalue weighted by molar-refractivity contribution is -0.121. The van der Waals surface area contributed by atoms with Crippen molar-refractivity contribution in [2.24, 2.45) is 4.99 Å². The number of hydrogen-bond acceptors (Lipinski definition) is 5. The summed E-state index contributed by atoms with van der Waals surface area (Å²) in [7, 11) is 0. The van der Waals surface area contributed by atoms with Gasteiger partial charge in [-0.1, -0.05) is 30.3 Å². The van der Waals surface area contributed by atoms with Gasteiger partial charge in [-0.05, 0) is 48.2 Å². The Morgan fingerprint density at radius 2 is 1.32 bits per heavy atom. The molecule has 25 heavy (non-hydrogen) atoms. The number of hydrogen-bond donors (Lipinski definition) is 0. The maximum absolute atomic E-state index is 10.5. The molecule has 0 radical (unpaired) electrons. The Balaban J connectivity index is 1.97. The van der Waals surface area contributed by atoms with Gasteiger partial charge >= 0.3 is 0 Å². The Morgan fingerprint density at radius 3 is 1.72 bits per heavy atom. The zero-order valence-electron chi connectivity index (χ0n) is 13.5. The maximum Gasteiger partial charge on any atom is 0.298 e. The summed E-state index contributed by atoms with van der Waals surface area (Å²) in [4.78, 5) is 25.5. The van der Waals surface area contributed by atoms with Crippen molar-refractivity contribution in [3.05, 3.63) is 71.4 Å². The lowest BCUT2D eigenvalue weighted by Crippen LogP contribution is -2.06. The Morgan fingerprint density at radius 1 is 0.800 bits per heavy atom. The van der Waals surface area contributed by atoms with Gasteiger partial charge in [-0.15, -0.1) is 0 Å². The highest BCUT2D eigenvalue weighted by atomic mass is 16.5. The molecule has 2 aromatic carbocycles. The van der Waals surface area contributed by atoms with Gasteiger partial charge in [0.25, 0.3) is 12.9 Å². The van der Waals surface area contributed by atoms with E-state index >= 15 is 0 Å². The third-order valence-corrected chi connectivity index (χ3v) is 3.98. The fourth-order valence-electron chi connectivity index (χ4n) is 2.84. The Hall–Kier alpha value is -3.21. The maximum atomic E-state index is 10.5. The second kappa shape index (κ2) is 8.06. The number of ether oxygens (including phenoxy) is 2. The van der Waals surface area contributed by atoms with Gasteiger partial charge < -0.3 is 9.47 Å². The van der Waals surface area contributed by atoms with Gasteiger partial charge in [0.2, 0.25) is 0 Å². The van der Waals surface area contributed by atoms with Gasteiger partial charge in [0.1, 0.15) is 11.5 Å². The molecule has 5 nitrogen and oxygen atoms in total. The molecule has 1 aliphatic rings. The summed E-state index contributed by atoms with van der Waals surface area (Å²) in [5, 5.41) is 0. The minimum atomic E-state index is -0.0490. The highest BCUT2D eigenvalue weighted by molar-refractivity contribution is 5.62.